The summed E-state index contributed by atoms with van der Waals surface area (Å²) in [6.45, 7) is 14.5. The van der Waals surface area contributed by atoms with Crippen molar-refractivity contribution in [1.82, 2.24) is 9.97 Å². The minimum absolute atomic E-state index is 0.0123. The SMILES string of the molecule is C/C=C/CC(C)(C)[C@H](C/C=C\O[C@@H](C)/C=C/C=C\c1nc(C(=O)O[C@@H](C/C=C\[C@H]2O[C@H]2/C=C/C=C\c2nc(C(=O)OC)co2)C(C)(C)C/C=C/C)co1)OSI. The maximum absolute atomic E-state index is 13.2. The third-order valence-corrected chi connectivity index (χ3v) is 9.84. The topological polar surface area (TPSA) is 136 Å². The van der Waals surface area contributed by atoms with Gasteiger partial charge >= 0.3 is 11.9 Å². The second-order valence-electron chi connectivity index (χ2n) is 14.4. The lowest BCUT2D eigenvalue weighted by Gasteiger charge is -2.32. The van der Waals surface area contributed by atoms with E-state index in [1.165, 1.54) is 28.9 Å². The third kappa shape index (κ3) is 16.3. The lowest BCUT2D eigenvalue weighted by atomic mass is 9.81. The van der Waals surface area contributed by atoms with Crippen molar-refractivity contribution in [1.29, 1.82) is 0 Å². The van der Waals surface area contributed by atoms with Gasteiger partial charge in [0, 0.05) is 45.2 Å². The highest BCUT2D eigenvalue weighted by Gasteiger charge is 2.35. The largest absolute Gasteiger partial charge is 0.495 e. The number of methoxy groups -OCH3 is 1. The monoisotopic (exact) mass is 902 g/mol. The maximum atomic E-state index is 13.2. The second-order valence-corrected chi connectivity index (χ2v) is 15.8. The molecule has 0 N–H and O–H groups in total. The van der Waals surface area contributed by atoms with Crippen LogP contribution < -0.4 is 0 Å². The van der Waals surface area contributed by atoms with Gasteiger partial charge in [-0.25, -0.2) is 19.6 Å². The van der Waals surface area contributed by atoms with E-state index in [4.69, 9.17) is 27.2 Å². The highest BCUT2D eigenvalue weighted by Crippen LogP contribution is 2.35. The molecule has 0 amide bonds. The molecule has 0 spiro atoms. The number of esters is 2. The first-order chi connectivity index (χ1) is 26.8. The summed E-state index contributed by atoms with van der Waals surface area (Å²) in [7, 11) is 2.64. The molecule has 0 bridgehead atoms. The first-order valence-corrected chi connectivity index (χ1v) is 21.8. The Labute approximate surface area is 347 Å². The van der Waals surface area contributed by atoms with E-state index in [0.29, 0.717) is 6.42 Å². The average molecular weight is 903 g/mol. The van der Waals surface area contributed by atoms with E-state index in [9.17, 15) is 9.59 Å². The fraction of sp³-hybridized carbons (Fsp3) is 0.442. The molecule has 2 aromatic heterocycles. The Hall–Kier alpha value is -3.92. The quantitative estimate of drug-likeness (QED) is 0.0189. The van der Waals surface area contributed by atoms with Crippen LogP contribution >= 0.6 is 30.4 Å². The summed E-state index contributed by atoms with van der Waals surface area (Å²) in [5.41, 5.74) is -0.164. The highest BCUT2D eigenvalue weighted by atomic mass is 127. The van der Waals surface area contributed by atoms with E-state index < -0.39 is 18.0 Å². The van der Waals surface area contributed by atoms with Crippen LogP contribution in [0.4, 0.5) is 0 Å². The number of hydrogen-bond donors (Lipinski definition) is 0. The standard InChI is InChI=1S/C43H55IN2O9S/c1-9-11-26-42(4,5)36(22-17-21-35-34(53-35)20-14-16-25-38-45-32(29-51-38)40(47)49-8)54-41(48)33-30-52-39(46-33)24-15-13-19-31(3)50-28-18-23-37(55-56-44)43(6,7)27-12-10-2/h9-21,24-25,28-31,34-37H,22-23,26-27H2,1-8H3/b11-9+,12-10+,19-13+,20-14+,21-17-,24-15-,25-16-,28-18-/t31-,34-,35+,36-,37-/m0/s1. The van der Waals surface area contributed by atoms with Gasteiger partial charge in [0.1, 0.15) is 36.9 Å². The summed E-state index contributed by atoms with van der Waals surface area (Å²) in [5.74, 6) is -0.543. The number of carbonyl (C=O) groups excluding carboxylic acids is 2. The molecule has 2 aromatic rings. The van der Waals surface area contributed by atoms with Gasteiger partial charge in [0.05, 0.1) is 28.7 Å². The van der Waals surface area contributed by atoms with Gasteiger partial charge in [-0.2, -0.15) is 0 Å². The predicted molar refractivity (Wildman–Crippen MR) is 230 cm³/mol. The average Bonchev–Trinajstić information content (AvgIpc) is 3.49. The fourth-order valence-corrected chi connectivity index (χ4v) is 6.41. The van der Waals surface area contributed by atoms with Crippen molar-refractivity contribution >= 4 is 54.5 Å². The Kier molecular flexibility index (Phi) is 19.9. The molecular formula is C43H55IN2O9S. The minimum Gasteiger partial charge on any atom is -0.495 e. The number of halogens is 1. The minimum atomic E-state index is -0.559. The molecule has 0 aromatic carbocycles. The smallest absolute Gasteiger partial charge is 0.360 e. The van der Waals surface area contributed by atoms with Gasteiger partial charge in [-0.15, -0.1) is 0 Å². The van der Waals surface area contributed by atoms with Gasteiger partial charge in [0.15, 0.2) is 11.4 Å². The van der Waals surface area contributed by atoms with Crippen molar-refractivity contribution in [2.45, 2.75) is 105 Å². The van der Waals surface area contributed by atoms with E-state index in [0.717, 1.165) is 19.3 Å². The van der Waals surface area contributed by atoms with Crippen molar-refractivity contribution in [2.75, 3.05) is 7.11 Å². The van der Waals surface area contributed by atoms with Crippen LogP contribution in [0.25, 0.3) is 12.2 Å². The van der Waals surface area contributed by atoms with Crippen molar-refractivity contribution in [3.63, 3.8) is 0 Å². The zero-order valence-corrected chi connectivity index (χ0v) is 36.4. The van der Waals surface area contributed by atoms with Crippen LogP contribution in [-0.2, 0) is 23.1 Å². The molecule has 56 heavy (non-hydrogen) atoms. The summed E-state index contributed by atoms with van der Waals surface area (Å²) in [6, 6.07) is 0. The number of nitrogens with zero attached hydrogens (tertiary/aromatic N) is 2. The Balaban J connectivity index is 1.50. The van der Waals surface area contributed by atoms with Gasteiger partial charge in [-0.05, 0) is 57.6 Å². The molecule has 1 aliphatic rings. The lowest BCUT2D eigenvalue weighted by Crippen LogP contribution is -2.33. The third-order valence-electron chi connectivity index (χ3n) is 8.91. The molecule has 5 atom stereocenters. The Morgan fingerprint density at radius 3 is 2.00 bits per heavy atom. The fourth-order valence-electron chi connectivity index (χ4n) is 5.23. The summed E-state index contributed by atoms with van der Waals surface area (Å²) in [6.07, 6.45) is 35.0. The molecular weight excluding hydrogens is 847 g/mol. The molecule has 1 aliphatic heterocycles. The normalized spacial score (nSPS) is 18.5. The molecule has 3 rings (SSSR count). The molecule has 1 saturated heterocycles. The van der Waals surface area contributed by atoms with Gasteiger partial charge in [-0.3, -0.25) is 0 Å². The number of carbonyl (C=O) groups is 2. The Bertz CT molecular complexity index is 1760. The van der Waals surface area contributed by atoms with Crippen LogP contribution in [0.1, 0.15) is 107 Å². The van der Waals surface area contributed by atoms with Crippen molar-refractivity contribution in [3.05, 3.63) is 121 Å². The molecule has 1 fully saturated rings. The second kappa shape index (κ2) is 24.0. The van der Waals surface area contributed by atoms with Crippen LogP contribution in [0.3, 0.4) is 0 Å². The van der Waals surface area contributed by atoms with Gasteiger partial charge in [0.2, 0.25) is 11.8 Å². The summed E-state index contributed by atoms with van der Waals surface area (Å²) < 4.78 is 38.9. The molecule has 0 radical (unpaired) electrons. The maximum Gasteiger partial charge on any atom is 0.360 e. The number of hydrogen-bond acceptors (Lipinski definition) is 12. The number of allylic oxidation sites excluding steroid dienone is 8. The zero-order valence-electron chi connectivity index (χ0n) is 33.5. The van der Waals surface area contributed by atoms with Crippen LogP contribution in [0, 0.1) is 10.8 Å². The first-order valence-electron chi connectivity index (χ1n) is 18.5. The number of epoxide rings is 1. The predicted octanol–water partition coefficient (Wildman–Crippen LogP) is 11.2. The molecule has 13 heteroatoms. The van der Waals surface area contributed by atoms with E-state index >= 15 is 0 Å². The molecule has 0 aliphatic carbocycles. The number of ether oxygens (including phenoxy) is 4. The number of aromatic nitrogens is 2. The molecule has 11 nitrogen and oxygen atoms in total. The number of rotatable bonds is 24. The van der Waals surface area contributed by atoms with Crippen LogP contribution in [0.5, 0.6) is 0 Å². The van der Waals surface area contributed by atoms with E-state index in [1.807, 2.05) is 69.4 Å². The van der Waals surface area contributed by atoms with E-state index in [1.54, 1.807) is 30.6 Å². The Morgan fingerprint density at radius 2 is 1.39 bits per heavy atom. The molecule has 3 heterocycles. The zero-order chi connectivity index (χ0) is 41.0. The molecule has 304 valence electrons. The summed E-state index contributed by atoms with van der Waals surface area (Å²) >= 11 is 2.16. The Morgan fingerprint density at radius 1 is 0.821 bits per heavy atom. The van der Waals surface area contributed by atoms with Gasteiger partial charge < -0.3 is 32.0 Å². The lowest BCUT2D eigenvalue weighted by molar-refractivity contribution is -0.00640. The summed E-state index contributed by atoms with van der Waals surface area (Å²) in [5, 5.41) is 0. The van der Waals surface area contributed by atoms with Crippen LogP contribution in [0.15, 0.2) is 107 Å². The first kappa shape index (κ1) is 46.5. The van der Waals surface area contributed by atoms with E-state index in [2.05, 4.69) is 81.8 Å². The van der Waals surface area contributed by atoms with Crippen molar-refractivity contribution in [3.8, 4) is 0 Å². The van der Waals surface area contributed by atoms with Crippen molar-refractivity contribution < 1.29 is 41.6 Å². The van der Waals surface area contributed by atoms with Crippen LogP contribution in [-0.4, -0.2) is 59.5 Å². The summed E-state index contributed by atoms with van der Waals surface area (Å²) in [4.78, 5) is 33.1. The van der Waals surface area contributed by atoms with Gasteiger partial charge in [0.25, 0.3) is 0 Å². The molecule has 0 saturated carbocycles. The highest BCUT2D eigenvalue weighted by molar-refractivity contribution is 14.2. The van der Waals surface area contributed by atoms with E-state index in [-0.39, 0.29) is 58.4 Å². The van der Waals surface area contributed by atoms with Crippen molar-refractivity contribution in [2.24, 2.45) is 10.8 Å². The number of oxazole rings is 2. The molecule has 0 unspecified atom stereocenters. The van der Waals surface area contributed by atoms with Gasteiger partial charge in [-0.1, -0.05) is 94.5 Å². The van der Waals surface area contributed by atoms with Crippen LogP contribution in [0.2, 0.25) is 0 Å².